The van der Waals surface area contributed by atoms with Crippen molar-refractivity contribution in [1.82, 2.24) is 10.6 Å². The average Bonchev–Trinajstić information content (AvgIpc) is 2.90. The van der Waals surface area contributed by atoms with Gasteiger partial charge in [-0.25, -0.2) is 9.59 Å². The Balaban J connectivity index is 2.13. The molecule has 0 saturated carbocycles. The van der Waals surface area contributed by atoms with Crippen molar-refractivity contribution in [3.05, 3.63) is 17.7 Å². The molecule has 2 rings (SSSR count). The van der Waals surface area contributed by atoms with Crippen LogP contribution in [0.15, 0.2) is 17.0 Å². The number of rotatable bonds is 14. The first-order valence-corrected chi connectivity index (χ1v) is 13.0. The number of nitrogens with one attached hydrogen (secondary N) is 2. The first-order chi connectivity index (χ1) is 19.6. The fraction of sp³-hybridized carbons (Fsp3) is 0.478. The summed E-state index contributed by atoms with van der Waals surface area (Å²) in [7, 11) is 0. The number of amides is 2. The number of carboxylic acids is 3. The van der Waals surface area contributed by atoms with Gasteiger partial charge in [-0.1, -0.05) is 0 Å². The van der Waals surface area contributed by atoms with Gasteiger partial charge in [0.15, 0.2) is 6.10 Å². The van der Waals surface area contributed by atoms with Crippen LogP contribution in [0.5, 0.6) is 11.5 Å². The summed E-state index contributed by atoms with van der Waals surface area (Å²) in [5, 5.41) is 71.7. The maximum Gasteiger partial charge on any atom is 0.340 e. The molecular weight excluding hydrogens is 590 g/mol. The molecule has 1 aromatic rings. The highest BCUT2D eigenvalue weighted by Crippen LogP contribution is 2.38. The van der Waals surface area contributed by atoms with E-state index >= 15 is 0 Å². The van der Waals surface area contributed by atoms with Crippen LogP contribution >= 0.6 is 11.8 Å². The van der Waals surface area contributed by atoms with Crippen LogP contribution < -0.4 is 16.4 Å². The number of nitrogens with two attached hydrogens (primary N) is 1. The van der Waals surface area contributed by atoms with Crippen molar-refractivity contribution < 1.29 is 74.0 Å². The lowest BCUT2D eigenvalue weighted by Crippen LogP contribution is -2.52. The number of carboxylic acid groups (broad SMARTS) is 3. The Labute approximate surface area is 240 Å². The predicted octanol–water partition coefficient (Wildman–Crippen LogP) is -2.85. The monoisotopic (exact) mass is 619 g/mol. The minimum absolute atomic E-state index is 0.268. The molecule has 4 unspecified atom stereocenters. The number of benzene rings is 1. The minimum atomic E-state index is -1.89. The summed E-state index contributed by atoms with van der Waals surface area (Å²) in [4.78, 5) is 69.8. The summed E-state index contributed by atoms with van der Waals surface area (Å²) in [6.07, 6.45) is -7.98. The quantitative estimate of drug-likeness (QED) is 0.0739. The van der Waals surface area contributed by atoms with E-state index < -0.39 is 109 Å². The molecule has 1 aliphatic heterocycles. The zero-order chi connectivity index (χ0) is 31.7. The van der Waals surface area contributed by atoms with Gasteiger partial charge >= 0.3 is 23.9 Å². The van der Waals surface area contributed by atoms with E-state index in [2.05, 4.69) is 10.6 Å². The summed E-state index contributed by atoms with van der Waals surface area (Å²) >= 11 is 0.619. The topological polar surface area (TPSA) is 313 Å². The Morgan fingerprint density at radius 3 is 2.24 bits per heavy atom. The van der Waals surface area contributed by atoms with Crippen molar-refractivity contribution in [3.8, 4) is 11.5 Å². The summed E-state index contributed by atoms with van der Waals surface area (Å²) in [6.45, 7) is -0.795. The minimum Gasteiger partial charge on any atom is -0.507 e. The maximum absolute atomic E-state index is 12.5. The third-order valence-corrected chi connectivity index (χ3v) is 6.88. The van der Waals surface area contributed by atoms with Gasteiger partial charge in [0.2, 0.25) is 18.1 Å². The number of aliphatic hydroxyl groups is 2. The fourth-order valence-electron chi connectivity index (χ4n) is 3.44. The Bertz CT molecular complexity index is 1190. The number of hydrogen-bond donors (Lipinski definition) is 10. The zero-order valence-corrected chi connectivity index (χ0v) is 22.4. The molecule has 0 spiro atoms. The highest BCUT2D eigenvalue weighted by Gasteiger charge is 2.42. The number of aromatic hydroxyl groups is 2. The second kappa shape index (κ2) is 15.2. The van der Waals surface area contributed by atoms with E-state index in [1.807, 2.05) is 0 Å². The number of esters is 1. The first-order valence-electron chi connectivity index (χ1n) is 12.0. The molecule has 0 radical (unpaired) electrons. The van der Waals surface area contributed by atoms with Crippen molar-refractivity contribution in [2.75, 3.05) is 12.3 Å². The summed E-state index contributed by atoms with van der Waals surface area (Å²) in [5.74, 6) is -9.03. The van der Waals surface area contributed by atoms with Crippen molar-refractivity contribution in [2.24, 2.45) is 5.73 Å². The molecule has 11 N–H and O–H groups in total. The van der Waals surface area contributed by atoms with E-state index in [-0.39, 0.29) is 17.1 Å². The van der Waals surface area contributed by atoms with E-state index in [0.717, 1.165) is 12.1 Å². The van der Waals surface area contributed by atoms with Crippen LogP contribution in [0.3, 0.4) is 0 Å². The van der Waals surface area contributed by atoms with Crippen molar-refractivity contribution in [2.45, 2.75) is 60.8 Å². The molecule has 1 fully saturated rings. The predicted molar refractivity (Wildman–Crippen MR) is 136 cm³/mol. The van der Waals surface area contributed by atoms with Crippen LogP contribution in [0, 0.1) is 0 Å². The van der Waals surface area contributed by atoms with Gasteiger partial charge < -0.3 is 61.6 Å². The Morgan fingerprint density at radius 2 is 1.69 bits per heavy atom. The molecule has 0 bridgehead atoms. The molecular formula is C23H29N3O15S. The Kier molecular flexibility index (Phi) is 12.3. The molecule has 1 aromatic carbocycles. The highest BCUT2D eigenvalue weighted by molar-refractivity contribution is 7.99. The maximum atomic E-state index is 12.5. The van der Waals surface area contributed by atoms with Crippen molar-refractivity contribution in [3.63, 3.8) is 0 Å². The van der Waals surface area contributed by atoms with Gasteiger partial charge in [0.05, 0.1) is 16.6 Å². The number of aliphatic carboxylic acids is 3. The van der Waals surface area contributed by atoms with Crippen LogP contribution in [-0.2, 0) is 33.4 Å². The van der Waals surface area contributed by atoms with Crippen molar-refractivity contribution >= 4 is 47.5 Å². The standard InChI is InChI=1S/C23H29N3O15S/c24-9(20(35)36)1-2-15(30)26-10(19(34)25-6-16(31)32)7-42-18-12(28)3-8(4-13(18)29)22(39)41-23-17(33)11(27)5-14(40-23)21(37)38/h3-4,9-11,14,17,23,27-29,33H,1-2,5-7,24H2,(H,25,34)(H,26,30)(H,31,32)(H,35,36)(H,37,38)/t9?,10?,11-,14?,17+,23?/m0/s1. The highest BCUT2D eigenvalue weighted by atomic mass is 32.2. The van der Waals surface area contributed by atoms with E-state index in [9.17, 15) is 49.2 Å². The summed E-state index contributed by atoms with van der Waals surface area (Å²) in [6, 6.07) is -1.11. The molecule has 6 atom stereocenters. The SMILES string of the molecule is NC(CCC(=O)NC(CSc1c(O)cc(C(=O)OC2OC(C(=O)O)C[C@H](O)[C@H]2O)cc1O)C(=O)NCC(=O)O)C(=O)O. The molecule has 1 aliphatic rings. The summed E-state index contributed by atoms with van der Waals surface area (Å²) < 4.78 is 9.88. The molecule has 1 saturated heterocycles. The van der Waals surface area contributed by atoms with E-state index in [1.54, 1.807) is 0 Å². The van der Waals surface area contributed by atoms with Gasteiger partial charge in [-0.2, -0.15) is 0 Å². The number of phenols is 2. The fourth-order valence-corrected chi connectivity index (χ4v) is 4.43. The Hall–Kier alpha value is -4.17. The molecule has 232 valence electrons. The van der Waals surface area contributed by atoms with Crippen LogP contribution in [0.4, 0.5) is 0 Å². The molecule has 19 heteroatoms. The largest absolute Gasteiger partial charge is 0.507 e. The van der Waals surface area contributed by atoms with E-state index in [0.29, 0.717) is 11.8 Å². The number of aliphatic hydroxyl groups excluding tert-OH is 2. The van der Waals surface area contributed by atoms with Crippen LogP contribution in [0.2, 0.25) is 0 Å². The second-order valence-corrected chi connectivity index (χ2v) is 9.93. The molecule has 0 aliphatic carbocycles. The zero-order valence-electron chi connectivity index (χ0n) is 21.5. The van der Waals surface area contributed by atoms with Gasteiger partial charge in [-0.15, -0.1) is 11.8 Å². The molecule has 2 amide bonds. The number of carbonyl (C=O) groups excluding carboxylic acids is 3. The average molecular weight is 620 g/mol. The molecule has 42 heavy (non-hydrogen) atoms. The van der Waals surface area contributed by atoms with Gasteiger partial charge in [0, 0.05) is 18.6 Å². The molecule has 0 aromatic heterocycles. The molecule has 18 nitrogen and oxygen atoms in total. The first kappa shape index (κ1) is 34.0. The third-order valence-electron chi connectivity index (χ3n) is 5.67. The third kappa shape index (κ3) is 9.73. The van der Waals surface area contributed by atoms with Gasteiger partial charge in [0.25, 0.3) is 0 Å². The lowest BCUT2D eigenvalue weighted by atomic mass is 10.0. The van der Waals surface area contributed by atoms with Gasteiger partial charge in [-0.05, 0) is 18.6 Å². The normalized spacial score (nSPS) is 21.4. The number of ether oxygens (including phenoxy) is 2. The lowest BCUT2D eigenvalue weighted by molar-refractivity contribution is -0.247. The molecule has 1 heterocycles. The smallest absolute Gasteiger partial charge is 0.340 e. The van der Waals surface area contributed by atoms with Gasteiger partial charge in [-0.3, -0.25) is 19.2 Å². The number of thioether (sulfide) groups is 1. The van der Waals surface area contributed by atoms with Crippen LogP contribution in [0.25, 0.3) is 0 Å². The van der Waals surface area contributed by atoms with E-state index in [1.165, 1.54) is 0 Å². The number of hydrogen-bond acceptors (Lipinski definition) is 14. The summed E-state index contributed by atoms with van der Waals surface area (Å²) in [5.41, 5.74) is 4.87. The van der Waals surface area contributed by atoms with Crippen LogP contribution in [-0.4, -0.2) is 120 Å². The Morgan fingerprint density at radius 1 is 1.07 bits per heavy atom. The number of phenolic OH excluding ortho intramolecular Hbond substituents is 2. The number of carbonyl (C=O) groups is 6. The lowest BCUT2D eigenvalue weighted by Gasteiger charge is -2.34. The van der Waals surface area contributed by atoms with Crippen molar-refractivity contribution in [1.29, 1.82) is 0 Å². The van der Waals surface area contributed by atoms with Crippen LogP contribution in [0.1, 0.15) is 29.6 Å². The second-order valence-electron chi connectivity index (χ2n) is 8.90. The van der Waals surface area contributed by atoms with Gasteiger partial charge in [0.1, 0.15) is 36.2 Å². The van der Waals surface area contributed by atoms with E-state index in [4.69, 9.17) is 30.5 Å².